The van der Waals surface area contributed by atoms with Gasteiger partial charge in [-0.05, 0) is 37.7 Å². The fraction of sp³-hybridized carbons (Fsp3) is 0.714. The average molecular weight is 264 g/mol. The van der Waals surface area contributed by atoms with Gasteiger partial charge in [-0.25, -0.2) is 4.98 Å². The third kappa shape index (κ3) is 2.64. The molecule has 1 aliphatic heterocycles. The highest BCUT2D eigenvalue weighted by Gasteiger charge is 2.22. The van der Waals surface area contributed by atoms with Gasteiger partial charge in [-0.2, -0.15) is 0 Å². The Labute approximate surface area is 113 Å². The predicted molar refractivity (Wildman–Crippen MR) is 73.4 cm³/mol. The maximum absolute atomic E-state index is 5.41. The van der Waals surface area contributed by atoms with Gasteiger partial charge in [-0.1, -0.05) is 25.1 Å². The molecule has 1 saturated heterocycles. The van der Waals surface area contributed by atoms with Crippen LogP contribution in [0.5, 0.6) is 0 Å². The summed E-state index contributed by atoms with van der Waals surface area (Å²) in [6.07, 6.45) is 7.41. The number of nitrogens with zero attached hydrogens (tertiary/aromatic N) is 1. The molecule has 0 radical (unpaired) electrons. The third-order valence-electron chi connectivity index (χ3n) is 4.19. The highest BCUT2D eigenvalue weighted by Crippen LogP contribution is 2.34. The molecule has 18 heavy (non-hydrogen) atoms. The summed E-state index contributed by atoms with van der Waals surface area (Å²) in [6, 6.07) is 2.06. The number of hydrogen-bond acceptors (Lipinski definition) is 3. The van der Waals surface area contributed by atoms with Crippen molar-refractivity contribution in [3.63, 3.8) is 0 Å². The summed E-state index contributed by atoms with van der Waals surface area (Å²) in [7, 11) is 0. The lowest BCUT2D eigenvalue weighted by Crippen LogP contribution is -2.17. The van der Waals surface area contributed by atoms with Crippen LogP contribution < -0.4 is 0 Å². The van der Waals surface area contributed by atoms with Crippen molar-refractivity contribution in [3.05, 3.63) is 22.2 Å². The summed E-state index contributed by atoms with van der Waals surface area (Å²) >= 11 is 5.33. The molecule has 0 atom stereocenters. The molecule has 1 aromatic heterocycles. The highest BCUT2D eigenvalue weighted by molar-refractivity contribution is 7.71. The van der Waals surface area contributed by atoms with Crippen molar-refractivity contribution in [2.24, 2.45) is 0 Å². The van der Waals surface area contributed by atoms with E-state index in [2.05, 4.69) is 16.0 Å². The molecule has 1 N–H and O–H groups in total. The summed E-state index contributed by atoms with van der Waals surface area (Å²) in [5, 5.41) is 0. The fourth-order valence-corrected chi connectivity index (χ4v) is 3.34. The van der Waals surface area contributed by atoms with Crippen LogP contribution in [0.4, 0.5) is 0 Å². The molecule has 0 spiro atoms. The van der Waals surface area contributed by atoms with Crippen molar-refractivity contribution in [2.45, 2.75) is 50.4 Å². The zero-order chi connectivity index (χ0) is 12.4. The molecule has 3 nitrogen and oxygen atoms in total. The van der Waals surface area contributed by atoms with Crippen LogP contribution >= 0.6 is 12.2 Å². The molecule has 0 bridgehead atoms. The Balaban J connectivity index is 1.87. The van der Waals surface area contributed by atoms with Gasteiger partial charge in [-0.3, -0.25) is 0 Å². The summed E-state index contributed by atoms with van der Waals surface area (Å²) in [4.78, 5) is 8.10. The van der Waals surface area contributed by atoms with Gasteiger partial charge < -0.3 is 9.72 Å². The molecule has 4 heteroatoms. The molecule has 3 rings (SSSR count). The van der Waals surface area contributed by atoms with Crippen LogP contribution in [-0.4, -0.2) is 23.2 Å². The van der Waals surface area contributed by atoms with Crippen molar-refractivity contribution >= 4 is 12.2 Å². The molecular weight excluding hydrogens is 244 g/mol. The molecule has 2 heterocycles. The Kier molecular flexibility index (Phi) is 3.75. The Morgan fingerprint density at radius 3 is 2.56 bits per heavy atom. The van der Waals surface area contributed by atoms with Crippen LogP contribution in [0.25, 0.3) is 0 Å². The van der Waals surface area contributed by atoms with Gasteiger partial charge in [0.1, 0.15) is 10.5 Å². The van der Waals surface area contributed by atoms with Gasteiger partial charge in [0, 0.05) is 24.8 Å². The molecular formula is C14H20N2OS. The number of aromatic amines is 1. The maximum Gasteiger partial charge on any atom is 0.130 e. The average Bonchev–Trinajstić information content (AvgIpc) is 2.93. The molecule has 98 valence electrons. The number of ether oxygens (including phenoxy) is 1. The Morgan fingerprint density at radius 1 is 1.11 bits per heavy atom. The van der Waals surface area contributed by atoms with Crippen LogP contribution in [-0.2, 0) is 4.74 Å². The van der Waals surface area contributed by atoms with Crippen LogP contribution in [0, 0.1) is 4.64 Å². The van der Waals surface area contributed by atoms with Crippen molar-refractivity contribution in [3.8, 4) is 0 Å². The SMILES string of the molecule is S=c1cc(C2CCCC2)[nH]c(C2CCOCC2)n1. The van der Waals surface area contributed by atoms with Crippen LogP contribution in [0.1, 0.15) is 61.9 Å². The summed E-state index contributed by atoms with van der Waals surface area (Å²) < 4.78 is 6.16. The molecule has 2 aliphatic rings. The number of hydrogen-bond donors (Lipinski definition) is 1. The molecule has 1 aromatic rings. The molecule has 0 amide bonds. The predicted octanol–water partition coefficient (Wildman–Crippen LogP) is 3.69. The van der Waals surface area contributed by atoms with E-state index in [4.69, 9.17) is 17.0 Å². The number of H-pyrrole nitrogens is 1. The smallest absolute Gasteiger partial charge is 0.130 e. The Morgan fingerprint density at radius 2 is 1.83 bits per heavy atom. The summed E-state index contributed by atoms with van der Waals surface area (Å²) in [6.45, 7) is 1.70. The maximum atomic E-state index is 5.41. The summed E-state index contributed by atoms with van der Waals surface area (Å²) in [5.41, 5.74) is 1.31. The van der Waals surface area contributed by atoms with Crippen molar-refractivity contribution in [1.29, 1.82) is 0 Å². The molecule has 1 aliphatic carbocycles. The van der Waals surface area contributed by atoms with E-state index >= 15 is 0 Å². The first-order chi connectivity index (χ1) is 8.83. The summed E-state index contributed by atoms with van der Waals surface area (Å²) in [5.74, 6) is 2.27. The van der Waals surface area contributed by atoms with Gasteiger partial charge in [0.15, 0.2) is 0 Å². The van der Waals surface area contributed by atoms with Gasteiger partial charge in [0.05, 0.1) is 0 Å². The Bertz CT molecular complexity index is 459. The zero-order valence-corrected chi connectivity index (χ0v) is 11.5. The lowest BCUT2D eigenvalue weighted by molar-refractivity contribution is 0.0835. The highest BCUT2D eigenvalue weighted by atomic mass is 32.1. The van der Waals surface area contributed by atoms with Crippen molar-refractivity contribution in [2.75, 3.05) is 13.2 Å². The Hall–Kier alpha value is -0.740. The molecule has 0 aromatic carbocycles. The van der Waals surface area contributed by atoms with Gasteiger partial charge in [0.25, 0.3) is 0 Å². The second-order valence-electron chi connectivity index (χ2n) is 5.43. The van der Waals surface area contributed by atoms with E-state index in [-0.39, 0.29) is 0 Å². The fourth-order valence-electron chi connectivity index (χ4n) is 3.12. The van der Waals surface area contributed by atoms with Crippen molar-refractivity contribution in [1.82, 2.24) is 9.97 Å². The standard InChI is InChI=1S/C14H20N2OS/c18-13-9-12(10-3-1-2-4-10)15-14(16-13)11-5-7-17-8-6-11/h9-11H,1-8H2,(H,15,16,18). The first-order valence-corrected chi connectivity index (χ1v) is 7.42. The second kappa shape index (κ2) is 5.49. The van der Waals surface area contributed by atoms with E-state index in [1.807, 2.05) is 0 Å². The monoisotopic (exact) mass is 264 g/mol. The van der Waals surface area contributed by atoms with Crippen LogP contribution in [0.2, 0.25) is 0 Å². The van der Waals surface area contributed by atoms with E-state index in [9.17, 15) is 0 Å². The van der Waals surface area contributed by atoms with Crippen LogP contribution in [0.3, 0.4) is 0 Å². The van der Waals surface area contributed by atoms with Gasteiger partial charge >= 0.3 is 0 Å². The topological polar surface area (TPSA) is 37.9 Å². The molecule has 2 fully saturated rings. The first-order valence-electron chi connectivity index (χ1n) is 7.02. The number of aromatic nitrogens is 2. The third-order valence-corrected chi connectivity index (χ3v) is 4.39. The molecule has 0 unspecified atom stereocenters. The minimum absolute atomic E-state index is 0.502. The minimum atomic E-state index is 0.502. The van der Waals surface area contributed by atoms with E-state index in [0.717, 1.165) is 36.5 Å². The van der Waals surface area contributed by atoms with E-state index in [1.54, 1.807) is 0 Å². The lowest BCUT2D eigenvalue weighted by Gasteiger charge is -2.22. The molecule has 1 saturated carbocycles. The van der Waals surface area contributed by atoms with Gasteiger partial charge in [0.2, 0.25) is 0 Å². The van der Waals surface area contributed by atoms with E-state index < -0.39 is 0 Å². The first kappa shape index (κ1) is 12.3. The zero-order valence-electron chi connectivity index (χ0n) is 10.7. The number of rotatable bonds is 2. The lowest BCUT2D eigenvalue weighted by atomic mass is 9.98. The van der Waals surface area contributed by atoms with E-state index in [1.165, 1.54) is 31.4 Å². The quantitative estimate of drug-likeness (QED) is 0.828. The van der Waals surface area contributed by atoms with Crippen LogP contribution in [0.15, 0.2) is 6.07 Å². The van der Waals surface area contributed by atoms with Gasteiger partial charge in [-0.15, -0.1) is 0 Å². The minimum Gasteiger partial charge on any atom is -0.381 e. The largest absolute Gasteiger partial charge is 0.381 e. The van der Waals surface area contributed by atoms with Crippen molar-refractivity contribution < 1.29 is 4.74 Å². The second-order valence-corrected chi connectivity index (χ2v) is 5.85. The normalized spacial score (nSPS) is 22.4. The number of nitrogens with one attached hydrogen (secondary N) is 1. The van der Waals surface area contributed by atoms with E-state index in [0.29, 0.717) is 11.8 Å².